The van der Waals surface area contributed by atoms with Crippen LogP contribution >= 0.6 is 0 Å². The van der Waals surface area contributed by atoms with Gasteiger partial charge in [-0.15, -0.1) is 0 Å². The van der Waals surface area contributed by atoms with Gasteiger partial charge in [-0.2, -0.15) is 0 Å². The van der Waals surface area contributed by atoms with E-state index in [0.717, 1.165) is 44.8 Å². The Labute approximate surface area is 125 Å². The standard InChI is InChI=1S/C15H23N3O3/c16-15(20)12-21-14-3-1-2-13(10-14)11-18-6-4-17(5-7-18)8-9-19/h1-3,10,19H,4-9,11-12H2,(H2,16,20). The number of aliphatic hydroxyl groups is 1. The molecule has 0 aromatic heterocycles. The van der Waals surface area contributed by atoms with Gasteiger partial charge in [-0.1, -0.05) is 12.1 Å². The topological polar surface area (TPSA) is 79.0 Å². The number of piperazine rings is 1. The van der Waals surface area contributed by atoms with E-state index in [1.54, 1.807) is 0 Å². The van der Waals surface area contributed by atoms with E-state index in [-0.39, 0.29) is 13.2 Å². The molecular weight excluding hydrogens is 270 g/mol. The maximum atomic E-state index is 10.7. The minimum atomic E-state index is -0.472. The van der Waals surface area contributed by atoms with Crippen LogP contribution in [0.3, 0.4) is 0 Å². The van der Waals surface area contributed by atoms with Crippen molar-refractivity contribution in [2.45, 2.75) is 6.54 Å². The fourth-order valence-electron chi connectivity index (χ4n) is 2.46. The van der Waals surface area contributed by atoms with E-state index in [1.165, 1.54) is 0 Å². The van der Waals surface area contributed by atoms with Gasteiger partial charge < -0.3 is 15.6 Å². The Kier molecular flexibility index (Phi) is 5.98. The van der Waals surface area contributed by atoms with Gasteiger partial charge in [0.25, 0.3) is 5.91 Å². The monoisotopic (exact) mass is 293 g/mol. The van der Waals surface area contributed by atoms with Crippen molar-refractivity contribution in [3.63, 3.8) is 0 Å². The number of carbonyl (C=O) groups is 1. The van der Waals surface area contributed by atoms with E-state index in [4.69, 9.17) is 15.6 Å². The van der Waals surface area contributed by atoms with E-state index >= 15 is 0 Å². The minimum absolute atomic E-state index is 0.0940. The van der Waals surface area contributed by atoms with Crippen LogP contribution in [-0.2, 0) is 11.3 Å². The van der Waals surface area contributed by atoms with E-state index in [0.29, 0.717) is 5.75 Å². The minimum Gasteiger partial charge on any atom is -0.484 e. The number of benzene rings is 1. The third-order valence-electron chi connectivity index (χ3n) is 3.57. The highest BCUT2D eigenvalue weighted by molar-refractivity contribution is 5.75. The smallest absolute Gasteiger partial charge is 0.255 e. The van der Waals surface area contributed by atoms with Crippen molar-refractivity contribution >= 4 is 5.91 Å². The van der Waals surface area contributed by atoms with Crippen LogP contribution in [0.5, 0.6) is 5.75 Å². The molecule has 0 unspecified atom stereocenters. The molecule has 1 aliphatic heterocycles. The zero-order valence-electron chi connectivity index (χ0n) is 12.2. The summed E-state index contributed by atoms with van der Waals surface area (Å²) in [5.74, 6) is 0.200. The van der Waals surface area contributed by atoms with Crippen LogP contribution in [-0.4, -0.2) is 66.8 Å². The summed E-state index contributed by atoms with van der Waals surface area (Å²) in [4.78, 5) is 15.4. The van der Waals surface area contributed by atoms with E-state index in [1.807, 2.05) is 18.2 Å². The molecule has 21 heavy (non-hydrogen) atoms. The molecule has 1 saturated heterocycles. The van der Waals surface area contributed by atoms with E-state index in [9.17, 15) is 4.79 Å². The first kappa shape index (κ1) is 15.8. The first-order valence-corrected chi connectivity index (χ1v) is 7.23. The SMILES string of the molecule is NC(=O)COc1cccc(CN2CCN(CCO)CC2)c1. The van der Waals surface area contributed by atoms with Crippen molar-refractivity contribution in [3.05, 3.63) is 29.8 Å². The van der Waals surface area contributed by atoms with Gasteiger partial charge in [0.15, 0.2) is 6.61 Å². The summed E-state index contributed by atoms with van der Waals surface area (Å²) >= 11 is 0. The largest absolute Gasteiger partial charge is 0.484 e. The summed E-state index contributed by atoms with van der Waals surface area (Å²) in [5.41, 5.74) is 6.23. The summed E-state index contributed by atoms with van der Waals surface area (Å²) in [6.45, 7) is 5.70. The van der Waals surface area contributed by atoms with Gasteiger partial charge in [-0.25, -0.2) is 0 Å². The Morgan fingerprint density at radius 1 is 1.24 bits per heavy atom. The summed E-state index contributed by atoms with van der Waals surface area (Å²) in [5, 5.41) is 8.94. The van der Waals surface area contributed by atoms with Crippen molar-refractivity contribution in [3.8, 4) is 5.75 Å². The van der Waals surface area contributed by atoms with Crippen LogP contribution < -0.4 is 10.5 Å². The summed E-state index contributed by atoms with van der Waals surface area (Å²) in [6, 6.07) is 7.75. The highest BCUT2D eigenvalue weighted by atomic mass is 16.5. The van der Waals surface area contributed by atoms with Crippen LogP contribution in [0, 0.1) is 0 Å². The second-order valence-electron chi connectivity index (χ2n) is 5.24. The fraction of sp³-hybridized carbons (Fsp3) is 0.533. The molecule has 2 rings (SSSR count). The Balaban J connectivity index is 1.83. The molecule has 1 amide bonds. The van der Waals surface area contributed by atoms with Crippen LogP contribution in [0.1, 0.15) is 5.56 Å². The van der Waals surface area contributed by atoms with Crippen molar-refractivity contribution in [1.82, 2.24) is 9.80 Å². The molecule has 116 valence electrons. The lowest BCUT2D eigenvalue weighted by Gasteiger charge is -2.34. The molecular formula is C15H23N3O3. The number of nitrogens with two attached hydrogens (primary N) is 1. The average Bonchev–Trinajstić information content (AvgIpc) is 2.48. The Morgan fingerprint density at radius 3 is 2.62 bits per heavy atom. The lowest BCUT2D eigenvalue weighted by atomic mass is 10.2. The van der Waals surface area contributed by atoms with Gasteiger partial charge in [0.1, 0.15) is 5.75 Å². The van der Waals surface area contributed by atoms with Crippen molar-refractivity contribution in [2.24, 2.45) is 5.73 Å². The molecule has 1 fully saturated rings. The zero-order chi connectivity index (χ0) is 15.1. The summed E-state index contributed by atoms with van der Waals surface area (Å²) in [6.07, 6.45) is 0. The van der Waals surface area contributed by atoms with Crippen molar-refractivity contribution in [1.29, 1.82) is 0 Å². The number of nitrogens with zero attached hydrogens (tertiary/aromatic N) is 2. The Morgan fingerprint density at radius 2 is 1.95 bits per heavy atom. The highest BCUT2D eigenvalue weighted by Gasteiger charge is 2.16. The number of rotatable bonds is 7. The average molecular weight is 293 g/mol. The zero-order valence-corrected chi connectivity index (χ0v) is 12.2. The number of hydrogen-bond acceptors (Lipinski definition) is 5. The highest BCUT2D eigenvalue weighted by Crippen LogP contribution is 2.15. The fourth-order valence-corrected chi connectivity index (χ4v) is 2.46. The second kappa shape index (κ2) is 7.97. The first-order valence-electron chi connectivity index (χ1n) is 7.23. The molecule has 6 nitrogen and oxygen atoms in total. The van der Waals surface area contributed by atoms with Gasteiger partial charge in [-0.05, 0) is 17.7 Å². The molecule has 6 heteroatoms. The predicted molar refractivity (Wildman–Crippen MR) is 79.9 cm³/mol. The van der Waals surface area contributed by atoms with Crippen LogP contribution in [0.2, 0.25) is 0 Å². The predicted octanol–water partition coefficient (Wildman–Crippen LogP) is -0.339. The van der Waals surface area contributed by atoms with Gasteiger partial charge in [0.2, 0.25) is 0 Å². The van der Waals surface area contributed by atoms with E-state index < -0.39 is 5.91 Å². The second-order valence-corrected chi connectivity index (χ2v) is 5.24. The first-order chi connectivity index (χ1) is 10.2. The molecule has 1 aromatic carbocycles. The molecule has 1 heterocycles. The summed E-state index contributed by atoms with van der Waals surface area (Å²) < 4.78 is 5.32. The quantitative estimate of drug-likeness (QED) is 0.719. The molecule has 0 aliphatic carbocycles. The number of β-amino-alcohol motifs (C(OH)–C–C–N with tert-alkyl or cyclic N) is 1. The van der Waals surface area contributed by atoms with Gasteiger partial charge in [0.05, 0.1) is 6.61 Å². The summed E-state index contributed by atoms with van der Waals surface area (Å²) in [7, 11) is 0. The number of primary amides is 1. The van der Waals surface area contributed by atoms with Gasteiger partial charge in [0, 0.05) is 39.3 Å². The third-order valence-corrected chi connectivity index (χ3v) is 3.57. The number of ether oxygens (including phenoxy) is 1. The lowest BCUT2D eigenvalue weighted by molar-refractivity contribution is -0.119. The number of amides is 1. The molecule has 0 radical (unpaired) electrons. The molecule has 1 aromatic rings. The van der Waals surface area contributed by atoms with Crippen LogP contribution in [0.4, 0.5) is 0 Å². The van der Waals surface area contributed by atoms with E-state index in [2.05, 4.69) is 15.9 Å². The number of aliphatic hydroxyl groups excluding tert-OH is 1. The van der Waals surface area contributed by atoms with Crippen LogP contribution in [0.25, 0.3) is 0 Å². The molecule has 0 bridgehead atoms. The normalized spacial score (nSPS) is 16.8. The van der Waals surface area contributed by atoms with Gasteiger partial charge >= 0.3 is 0 Å². The van der Waals surface area contributed by atoms with Crippen molar-refractivity contribution in [2.75, 3.05) is 45.9 Å². The maximum absolute atomic E-state index is 10.7. The maximum Gasteiger partial charge on any atom is 0.255 e. The number of carbonyl (C=O) groups excluding carboxylic acids is 1. The Hall–Kier alpha value is -1.63. The molecule has 0 saturated carbocycles. The van der Waals surface area contributed by atoms with Crippen molar-refractivity contribution < 1.29 is 14.6 Å². The third kappa shape index (κ3) is 5.34. The number of hydrogen-bond donors (Lipinski definition) is 2. The lowest BCUT2D eigenvalue weighted by Crippen LogP contribution is -2.46. The van der Waals surface area contributed by atoms with Gasteiger partial charge in [-0.3, -0.25) is 14.6 Å². The molecule has 0 atom stereocenters. The Bertz CT molecular complexity index is 459. The molecule has 1 aliphatic rings. The molecule has 0 spiro atoms. The van der Waals surface area contributed by atoms with Crippen LogP contribution in [0.15, 0.2) is 24.3 Å². The molecule has 3 N–H and O–H groups in total.